The number of benzene rings is 1. The minimum atomic E-state index is -0.465. The Hall–Kier alpha value is -2.57. The van der Waals surface area contributed by atoms with Crippen LogP contribution >= 0.6 is 23.2 Å². The summed E-state index contributed by atoms with van der Waals surface area (Å²) in [6.07, 6.45) is 6.17. The minimum Gasteiger partial charge on any atom is -0.370 e. The smallest absolute Gasteiger partial charge is 0.287 e. The van der Waals surface area contributed by atoms with E-state index in [4.69, 9.17) is 23.2 Å². The first-order chi connectivity index (χ1) is 12.5. The van der Waals surface area contributed by atoms with Crippen molar-refractivity contribution in [1.29, 1.82) is 0 Å². The Morgan fingerprint density at radius 1 is 1.19 bits per heavy atom. The van der Waals surface area contributed by atoms with Gasteiger partial charge in [-0.05, 0) is 30.7 Å². The van der Waals surface area contributed by atoms with Gasteiger partial charge < -0.3 is 9.88 Å². The van der Waals surface area contributed by atoms with Crippen molar-refractivity contribution in [2.45, 2.75) is 13.0 Å². The van der Waals surface area contributed by atoms with Gasteiger partial charge in [0.15, 0.2) is 0 Å². The fourth-order valence-corrected chi connectivity index (χ4v) is 3.06. The first-order valence-corrected chi connectivity index (χ1v) is 8.74. The highest BCUT2D eigenvalue weighted by Crippen LogP contribution is 2.30. The van der Waals surface area contributed by atoms with Gasteiger partial charge in [0.25, 0.3) is 5.69 Å². The second kappa shape index (κ2) is 8.21. The molecular weight excluding hydrogens is 375 g/mol. The van der Waals surface area contributed by atoms with E-state index in [-0.39, 0.29) is 5.69 Å². The number of rotatable bonds is 7. The molecule has 0 atom stereocenters. The van der Waals surface area contributed by atoms with E-state index in [9.17, 15) is 10.1 Å². The number of nitrogens with one attached hydrogen (secondary N) is 1. The minimum absolute atomic E-state index is 0.0173. The van der Waals surface area contributed by atoms with Gasteiger partial charge in [0, 0.05) is 52.7 Å². The molecule has 3 aromatic rings. The first-order valence-electron chi connectivity index (χ1n) is 7.98. The second-order valence-electron chi connectivity index (χ2n) is 5.70. The predicted octanol–water partition coefficient (Wildman–Crippen LogP) is 5.27. The number of hydrogen-bond acceptors (Lipinski definition) is 4. The molecule has 1 N–H and O–H groups in total. The molecule has 8 heteroatoms. The lowest BCUT2D eigenvalue weighted by Gasteiger charge is -2.06. The fraction of sp³-hybridized carbons (Fsp3) is 0.167. The van der Waals surface area contributed by atoms with Crippen molar-refractivity contribution < 1.29 is 4.92 Å². The molecule has 2 heterocycles. The normalized spacial score (nSPS) is 10.7. The lowest BCUT2D eigenvalue weighted by atomic mass is 10.1. The summed E-state index contributed by atoms with van der Waals surface area (Å²) in [5, 5.41) is 15.0. The Morgan fingerprint density at radius 2 is 2.04 bits per heavy atom. The number of nitrogens with zero attached hydrogens (tertiary/aromatic N) is 3. The summed E-state index contributed by atoms with van der Waals surface area (Å²) in [6.45, 7) is 1.53. The van der Waals surface area contributed by atoms with Gasteiger partial charge in [-0.25, -0.2) is 4.98 Å². The maximum atomic E-state index is 10.6. The molecule has 0 aliphatic carbocycles. The van der Waals surface area contributed by atoms with E-state index >= 15 is 0 Å². The Bertz CT molecular complexity index is 910. The lowest BCUT2D eigenvalue weighted by Crippen LogP contribution is -2.06. The summed E-state index contributed by atoms with van der Waals surface area (Å²) in [5.41, 5.74) is 1.97. The molecule has 26 heavy (non-hydrogen) atoms. The summed E-state index contributed by atoms with van der Waals surface area (Å²) in [5.74, 6) is 0.622. The highest BCUT2D eigenvalue weighted by Gasteiger charge is 2.07. The van der Waals surface area contributed by atoms with E-state index in [1.165, 1.54) is 12.3 Å². The highest BCUT2D eigenvalue weighted by atomic mass is 35.5. The van der Waals surface area contributed by atoms with E-state index in [0.29, 0.717) is 22.4 Å². The summed E-state index contributed by atoms with van der Waals surface area (Å²) < 4.78 is 2.09. The average molecular weight is 391 g/mol. The van der Waals surface area contributed by atoms with Crippen LogP contribution in [0.5, 0.6) is 0 Å². The zero-order valence-corrected chi connectivity index (χ0v) is 15.2. The van der Waals surface area contributed by atoms with Crippen LogP contribution in [0.25, 0.3) is 11.1 Å². The Kier molecular flexibility index (Phi) is 5.75. The lowest BCUT2D eigenvalue weighted by molar-refractivity contribution is -0.385. The third-order valence-electron chi connectivity index (χ3n) is 3.85. The number of pyridine rings is 1. The molecule has 3 rings (SSSR count). The largest absolute Gasteiger partial charge is 0.370 e. The second-order valence-corrected chi connectivity index (χ2v) is 6.54. The van der Waals surface area contributed by atoms with Gasteiger partial charge in [-0.2, -0.15) is 0 Å². The van der Waals surface area contributed by atoms with Crippen molar-refractivity contribution in [3.05, 3.63) is 75.1 Å². The molecule has 0 radical (unpaired) electrons. The molecule has 0 unspecified atom stereocenters. The Labute approximate surface area is 160 Å². The van der Waals surface area contributed by atoms with E-state index in [2.05, 4.69) is 14.9 Å². The van der Waals surface area contributed by atoms with Gasteiger partial charge in [-0.15, -0.1) is 0 Å². The average Bonchev–Trinajstić information content (AvgIpc) is 3.07. The number of anilines is 1. The molecule has 0 saturated heterocycles. The van der Waals surface area contributed by atoms with Crippen molar-refractivity contribution in [1.82, 2.24) is 9.55 Å². The van der Waals surface area contributed by atoms with Crippen LogP contribution in [0.2, 0.25) is 10.0 Å². The number of aryl methyl sites for hydroxylation is 1. The molecule has 2 aromatic heterocycles. The van der Waals surface area contributed by atoms with Crippen LogP contribution in [0, 0.1) is 10.1 Å². The van der Waals surface area contributed by atoms with Gasteiger partial charge in [0.05, 0.1) is 4.92 Å². The molecule has 6 nitrogen and oxygen atoms in total. The SMILES string of the molecule is O=[N+]([O-])c1ccc(NCCCn2ccc(-c3ccc(Cl)cc3Cl)c2)nc1. The summed E-state index contributed by atoms with van der Waals surface area (Å²) >= 11 is 12.2. The number of hydrogen-bond donors (Lipinski definition) is 1. The maximum absolute atomic E-state index is 10.6. The first kappa shape index (κ1) is 18.2. The van der Waals surface area contributed by atoms with Gasteiger partial charge in [-0.3, -0.25) is 10.1 Å². The molecule has 134 valence electrons. The van der Waals surface area contributed by atoms with Crippen molar-refractivity contribution in [2.75, 3.05) is 11.9 Å². The third-order valence-corrected chi connectivity index (χ3v) is 4.40. The Morgan fingerprint density at radius 3 is 2.73 bits per heavy atom. The van der Waals surface area contributed by atoms with Gasteiger partial charge >= 0.3 is 0 Å². The van der Waals surface area contributed by atoms with Crippen molar-refractivity contribution in [3.8, 4) is 11.1 Å². The number of aromatic nitrogens is 2. The van der Waals surface area contributed by atoms with Crippen LogP contribution in [0.15, 0.2) is 55.0 Å². The molecule has 1 aromatic carbocycles. The molecule has 0 aliphatic rings. The topological polar surface area (TPSA) is 73.0 Å². The quantitative estimate of drug-likeness (QED) is 0.338. The van der Waals surface area contributed by atoms with Gasteiger partial charge in [0.1, 0.15) is 12.0 Å². The summed E-state index contributed by atoms with van der Waals surface area (Å²) in [7, 11) is 0. The van der Waals surface area contributed by atoms with Crippen molar-refractivity contribution >= 4 is 34.7 Å². The van der Waals surface area contributed by atoms with Crippen molar-refractivity contribution in [2.24, 2.45) is 0 Å². The highest BCUT2D eigenvalue weighted by molar-refractivity contribution is 6.36. The summed E-state index contributed by atoms with van der Waals surface area (Å²) in [4.78, 5) is 14.2. The van der Waals surface area contributed by atoms with Crippen LogP contribution in [-0.4, -0.2) is 21.0 Å². The van der Waals surface area contributed by atoms with E-state index < -0.39 is 4.92 Å². The monoisotopic (exact) mass is 390 g/mol. The molecule has 0 aliphatic heterocycles. The van der Waals surface area contributed by atoms with Gasteiger partial charge in [-0.1, -0.05) is 29.3 Å². The van der Waals surface area contributed by atoms with Crippen LogP contribution < -0.4 is 5.32 Å². The van der Waals surface area contributed by atoms with Crippen LogP contribution in [0.4, 0.5) is 11.5 Å². The molecule has 0 spiro atoms. The zero-order valence-electron chi connectivity index (χ0n) is 13.7. The van der Waals surface area contributed by atoms with Gasteiger partial charge in [0.2, 0.25) is 0 Å². The Balaban J connectivity index is 1.51. The van der Waals surface area contributed by atoms with Crippen LogP contribution in [0.3, 0.4) is 0 Å². The van der Waals surface area contributed by atoms with E-state index in [1.54, 1.807) is 12.1 Å². The maximum Gasteiger partial charge on any atom is 0.287 e. The number of halogens is 2. The standard InChI is InChI=1S/C18H16Cl2N4O2/c19-14-2-4-16(17(20)10-14)13-6-9-23(12-13)8-1-7-21-18-5-3-15(11-22-18)24(25)26/h2-6,9-12H,1,7-8H2,(H,21,22). The third kappa shape index (κ3) is 4.53. The zero-order chi connectivity index (χ0) is 18.5. The fourth-order valence-electron chi connectivity index (χ4n) is 2.54. The summed E-state index contributed by atoms with van der Waals surface area (Å²) in [6, 6.07) is 10.5. The van der Waals surface area contributed by atoms with E-state index in [1.807, 2.05) is 30.6 Å². The molecular formula is C18H16Cl2N4O2. The predicted molar refractivity (Wildman–Crippen MR) is 104 cm³/mol. The molecule has 0 bridgehead atoms. The number of nitro groups is 1. The van der Waals surface area contributed by atoms with Crippen LogP contribution in [0.1, 0.15) is 6.42 Å². The molecule has 0 saturated carbocycles. The van der Waals surface area contributed by atoms with Crippen molar-refractivity contribution in [3.63, 3.8) is 0 Å². The molecule has 0 amide bonds. The molecule has 0 fully saturated rings. The van der Waals surface area contributed by atoms with Crippen LogP contribution in [-0.2, 0) is 6.54 Å². The van der Waals surface area contributed by atoms with E-state index in [0.717, 1.165) is 24.1 Å².